The highest BCUT2D eigenvalue weighted by Gasteiger charge is 2.47. The van der Waals surface area contributed by atoms with Crippen LogP contribution in [0.3, 0.4) is 0 Å². The fourth-order valence-electron chi connectivity index (χ4n) is 5.20. The van der Waals surface area contributed by atoms with Crippen LogP contribution in [0.5, 0.6) is 5.75 Å². The van der Waals surface area contributed by atoms with Gasteiger partial charge >= 0.3 is 5.63 Å². The molecule has 1 unspecified atom stereocenters. The lowest BCUT2D eigenvalue weighted by molar-refractivity contribution is -0.132. The van der Waals surface area contributed by atoms with Gasteiger partial charge in [-0.25, -0.2) is 4.79 Å². The molecule has 2 heterocycles. The fourth-order valence-corrected chi connectivity index (χ4v) is 5.20. The largest absolute Gasteiger partial charge is 0.497 e. The molecule has 0 saturated heterocycles. The van der Waals surface area contributed by atoms with Gasteiger partial charge in [0.2, 0.25) is 11.8 Å². The van der Waals surface area contributed by atoms with Gasteiger partial charge in [0.05, 0.1) is 30.9 Å². The molecule has 0 bridgehead atoms. The van der Waals surface area contributed by atoms with Crippen molar-refractivity contribution in [3.63, 3.8) is 0 Å². The molecule has 2 atom stereocenters. The summed E-state index contributed by atoms with van der Waals surface area (Å²) in [7, 11) is 1.49. The number of rotatable bonds is 7. The molecule has 11 nitrogen and oxygen atoms in total. The topological polar surface area (TPSA) is 166 Å². The molecule has 0 fully saturated rings. The highest BCUT2D eigenvalue weighted by Crippen LogP contribution is 2.38. The zero-order valence-corrected chi connectivity index (χ0v) is 25.1. The number of benzene rings is 3. The van der Waals surface area contributed by atoms with Crippen LogP contribution >= 0.6 is 12.4 Å². The summed E-state index contributed by atoms with van der Waals surface area (Å²) >= 11 is 0. The summed E-state index contributed by atoms with van der Waals surface area (Å²) in [6.45, 7) is 2.42. The molecule has 0 aliphatic carbocycles. The summed E-state index contributed by atoms with van der Waals surface area (Å²) in [6, 6.07) is 19.2. The fraction of sp³-hybridized carbons (Fsp3) is 0.219. The number of ether oxygens (including phenoxy) is 1. The molecule has 0 radical (unpaired) electrons. The highest BCUT2D eigenvalue weighted by molar-refractivity contribution is 6.13. The Balaban J connectivity index is 0.00000442. The Morgan fingerprint density at radius 2 is 1.61 bits per heavy atom. The number of hydrogen-bond donors (Lipinski definition) is 2. The number of primary amides is 1. The average Bonchev–Trinajstić information content (AvgIpc) is 3.11. The molecule has 5 rings (SSSR count). The third-order valence-corrected chi connectivity index (χ3v) is 7.80. The maximum Gasteiger partial charge on any atom is 0.336 e. The van der Waals surface area contributed by atoms with Crippen LogP contribution in [0, 0.1) is 5.92 Å². The van der Waals surface area contributed by atoms with Crippen LogP contribution in [-0.2, 0) is 16.1 Å². The second-order valence-electron chi connectivity index (χ2n) is 10.6. The maximum atomic E-state index is 14.4. The predicted octanol–water partition coefficient (Wildman–Crippen LogP) is 3.44. The number of anilines is 2. The molecule has 12 heteroatoms. The number of fused-ring (bicyclic) bond motifs is 2. The van der Waals surface area contributed by atoms with Crippen molar-refractivity contribution < 1.29 is 28.3 Å². The van der Waals surface area contributed by atoms with Crippen molar-refractivity contribution in [3.8, 4) is 5.75 Å². The number of amides is 3. The van der Waals surface area contributed by atoms with Gasteiger partial charge < -0.3 is 30.4 Å². The van der Waals surface area contributed by atoms with E-state index in [1.807, 2.05) is 0 Å². The van der Waals surface area contributed by atoms with E-state index in [1.165, 1.54) is 49.0 Å². The van der Waals surface area contributed by atoms with Gasteiger partial charge in [0, 0.05) is 35.2 Å². The number of para-hydroxylation sites is 2. The maximum absolute atomic E-state index is 14.4. The SMILES string of the molecule is COc1ccc2c(CN3C(=O)[C@H](C(C)(N)C(N)=O)CN(C(=O)c4ccc(C(C)=O)cc4)c4ccccc43)cc(=O)oc2c1.Cl. The van der Waals surface area contributed by atoms with Gasteiger partial charge in [-0.2, -0.15) is 0 Å². The second-order valence-corrected chi connectivity index (χ2v) is 10.6. The number of carbonyl (C=O) groups excluding carboxylic acids is 4. The van der Waals surface area contributed by atoms with Gasteiger partial charge in [-0.3, -0.25) is 19.2 Å². The lowest BCUT2D eigenvalue weighted by Gasteiger charge is -2.33. The van der Waals surface area contributed by atoms with Gasteiger partial charge in [0.15, 0.2) is 5.78 Å². The smallest absolute Gasteiger partial charge is 0.336 e. The third-order valence-electron chi connectivity index (χ3n) is 7.80. The first-order valence-corrected chi connectivity index (χ1v) is 13.4. The minimum atomic E-state index is -1.85. The van der Waals surface area contributed by atoms with Gasteiger partial charge in [-0.15, -0.1) is 12.4 Å². The zero-order valence-electron chi connectivity index (χ0n) is 24.2. The molecule has 228 valence electrons. The van der Waals surface area contributed by atoms with E-state index in [-0.39, 0.29) is 42.4 Å². The normalized spacial score (nSPS) is 15.9. The number of hydrogen-bond acceptors (Lipinski definition) is 8. The molecule has 4 N–H and O–H groups in total. The number of ketones is 1. The quantitative estimate of drug-likeness (QED) is 0.235. The van der Waals surface area contributed by atoms with Gasteiger partial charge in [-0.1, -0.05) is 24.3 Å². The number of Topliss-reactive ketones (excluding diaryl/α,β-unsaturated/α-hetero) is 1. The summed E-state index contributed by atoms with van der Waals surface area (Å²) < 4.78 is 10.6. The van der Waals surface area contributed by atoms with Crippen molar-refractivity contribution in [1.82, 2.24) is 0 Å². The molecule has 3 aromatic carbocycles. The monoisotopic (exact) mass is 618 g/mol. The second kappa shape index (κ2) is 12.3. The summed E-state index contributed by atoms with van der Waals surface area (Å²) in [5, 5.41) is 0.565. The van der Waals surface area contributed by atoms with Crippen LogP contribution in [0.1, 0.15) is 40.1 Å². The minimum absolute atomic E-state index is 0. The van der Waals surface area contributed by atoms with Crippen molar-refractivity contribution in [2.24, 2.45) is 17.4 Å². The first-order chi connectivity index (χ1) is 20.4. The molecule has 1 aliphatic rings. The number of methoxy groups -OCH3 is 1. The van der Waals surface area contributed by atoms with E-state index < -0.39 is 34.8 Å². The minimum Gasteiger partial charge on any atom is -0.497 e. The number of nitrogens with two attached hydrogens (primary N) is 2. The molecule has 0 spiro atoms. The molecular weight excluding hydrogens is 588 g/mol. The Labute approximate surface area is 258 Å². The number of nitrogens with zero attached hydrogens (tertiary/aromatic N) is 2. The Hall–Kier alpha value is -5.00. The molecular formula is C32H31ClN4O7. The number of halogens is 1. The van der Waals surface area contributed by atoms with Crippen molar-refractivity contribution in [1.29, 1.82) is 0 Å². The van der Waals surface area contributed by atoms with Crippen LogP contribution in [-0.4, -0.2) is 42.7 Å². The Morgan fingerprint density at radius 1 is 0.977 bits per heavy atom. The Kier molecular flexibility index (Phi) is 8.93. The zero-order chi connectivity index (χ0) is 31.1. The first kappa shape index (κ1) is 31.9. The summed E-state index contributed by atoms with van der Waals surface area (Å²) in [5.74, 6) is -2.89. The van der Waals surface area contributed by atoms with Crippen molar-refractivity contribution in [3.05, 3.63) is 99.9 Å². The third kappa shape index (κ3) is 5.79. The molecule has 4 aromatic rings. The molecule has 1 aromatic heterocycles. The van der Waals surface area contributed by atoms with Gasteiger partial charge in [-0.05, 0) is 55.8 Å². The van der Waals surface area contributed by atoms with E-state index in [4.69, 9.17) is 20.6 Å². The predicted molar refractivity (Wildman–Crippen MR) is 167 cm³/mol. The van der Waals surface area contributed by atoms with Crippen molar-refractivity contribution in [2.75, 3.05) is 23.5 Å². The van der Waals surface area contributed by atoms with Crippen LogP contribution in [0.2, 0.25) is 0 Å². The van der Waals surface area contributed by atoms with Crippen LogP contribution in [0.25, 0.3) is 11.0 Å². The van der Waals surface area contributed by atoms with E-state index in [0.717, 1.165) is 0 Å². The summed E-state index contributed by atoms with van der Waals surface area (Å²) in [6.07, 6.45) is 0. The lowest BCUT2D eigenvalue weighted by Crippen LogP contribution is -2.62. The Morgan fingerprint density at radius 3 is 2.23 bits per heavy atom. The van der Waals surface area contributed by atoms with Crippen LogP contribution in [0.4, 0.5) is 11.4 Å². The standard InChI is InChI=1S/C32H30N4O7.ClH/c1-18(37)19-8-10-20(11-9-19)29(39)36-17-24(32(2,34)31(33)41)30(40)35(25-6-4-5-7-26(25)36)16-21-14-28(38)43-27-15-22(42-3)12-13-23(21)27;/h4-15,24H,16-17,34H2,1-3H3,(H2,33,41);1H/t24-,32?;/m1./s1. The van der Waals surface area contributed by atoms with Gasteiger partial charge in [0.1, 0.15) is 16.9 Å². The van der Waals surface area contributed by atoms with Crippen LogP contribution < -0.4 is 31.6 Å². The van der Waals surface area contributed by atoms with E-state index in [2.05, 4.69) is 0 Å². The van der Waals surface area contributed by atoms with Crippen LogP contribution in [0.15, 0.2) is 82.0 Å². The van der Waals surface area contributed by atoms with E-state index in [0.29, 0.717) is 33.6 Å². The average molecular weight is 619 g/mol. The van der Waals surface area contributed by atoms with Gasteiger partial charge in [0.25, 0.3) is 5.91 Å². The lowest BCUT2D eigenvalue weighted by atomic mass is 9.84. The number of carbonyl (C=O) groups is 4. The molecule has 3 amide bonds. The first-order valence-electron chi connectivity index (χ1n) is 13.4. The summed E-state index contributed by atoms with van der Waals surface area (Å²) in [4.78, 5) is 68.0. The summed E-state index contributed by atoms with van der Waals surface area (Å²) in [5.41, 5.74) is 11.8. The van der Waals surface area contributed by atoms with Crippen molar-refractivity contribution >= 4 is 58.3 Å². The van der Waals surface area contributed by atoms with E-state index in [9.17, 15) is 24.0 Å². The highest BCUT2D eigenvalue weighted by atomic mass is 35.5. The van der Waals surface area contributed by atoms with Crippen molar-refractivity contribution in [2.45, 2.75) is 25.9 Å². The molecule has 0 saturated carbocycles. The Bertz CT molecular complexity index is 1830. The molecule has 1 aliphatic heterocycles. The van der Waals surface area contributed by atoms with E-state index >= 15 is 0 Å². The molecule has 44 heavy (non-hydrogen) atoms. The van der Waals surface area contributed by atoms with E-state index in [1.54, 1.807) is 54.6 Å².